The van der Waals surface area contributed by atoms with Crippen molar-refractivity contribution < 1.29 is 366 Å². The Morgan fingerprint density at radius 1 is 0.489 bits per heavy atom. The van der Waals surface area contributed by atoms with Gasteiger partial charge in [-0.3, -0.25) is 33.4 Å². The molecule has 2 unspecified atom stereocenters. The van der Waals surface area contributed by atoms with Gasteiger partial charge >= 0.3 is 207 Å². The molecule has 1 heterocycles. The Kier molecular flexibility index (Phi) is 52.3. The second-order valence-electron chi connectivity index (χ2n) is 25.7. The summed E-state index contributed by atoms with van der Waals surface area (Å²) in [6, 6.07) is 16.9. The first-order chi connectivity index (χ1) is 61.8. The van der Waals surface area contributed by atoms with Crippen molar-refractivity contribution in [2.24, 2.45) is 40.9 Å². The molecule has 6 N–H and O–H groups in total. The summed E-state index contributed by atoms with van der Waals surface area (Å²) in [6.45, 7) is 9.71. The Bertz CT molecular complexity index is 7360. The first kappa shape index (κ1) is 130. The van der Waals surface area contributed by atoms with Gasteiger partial charge in [0.25, 0.3) is 11.8 Å². The van der Waals surface area contributed by atoms with Gasteiger partial charge in [0.1, 0.15) is 96.7 Å². The van der Waals surface area contributed by atoms with Crippen LogP contribution in [-0.4, -0.2) is 176 Å². The van der Waals surface area contributed by atoms with Gasteiger partial charge in [-0.05, 0) is 153 Å². The Morgan fingerprint density at radius 3 is 1.36 bits per heavy atom. The molecule has 10 rings (SSSR count). The number of rotatable bonds is 39. The van der Waals surface area contributed by atoms with E-state index >= 15 is 0 Å². The number of nitrogens with zero attached hydrogens (tertiary/aromatic N) is 11. The number of benzene rings is 9. The molecule has 10 aromatic rings. The number of azo groups is 4. The number of nitrogens with one attached hydrogen (secondary N) is 4. The minimum Gasteiger partial charge on any atom is -0.744 e. The number of aryl methyl sites for hydroxylation is 1. The van der Waals surface area contributed by atoms with E-state index in [-0.39, 0.29) is 314 Å². The molecule has 0 saturated heterocycles. The second-order valence-corrected chi connectivity index (χ2v) is 38.3. The third-order valence-electron chi connectivity index (χ3n) is 17.2. The van der Waals surface area contributed by atoms with Crippen molar-refractivity contribution >= 4 is 238 Å². The van der Waals surface area contributed by atoms with Crippen LogP contribution in [-0.2, 0) is 113 Å². The number of aromatic nitrogens is 3. The van der Waals surface area contributed by atoms with E-state index in [0.717, 1.165) is 122 Å². The van der Waals surface area contributed by atoms with Gasteiger partial charge in [-0.2, -0.15) is 44.1 Å². The molecule has 0 aliphatic heterocycles. The molecule has 139 heavy (non-hydrogen) atoms. The van der Waals surface area contributed by atoms with E-state index in [9.17, 15) is 122 Å². The van der Waals surface area contributed by atoms with Crippen molar-refractivity contribution in [1.29, 1.82) is 0 Å². The smallest absolute Gasteiger partial charge is 0.744 e. The summed E-state index contributed by atoms with van der Waals surface area (Å²) in [5.41, 5.74) is -2.03. The average Bonchev–Trinajstić information content (AvgIpc) is 0.745. The third kappa shape index (κ3) is 34.7. The van der Waals surface area contributed by atoms with Crippen LogP contribution in [0.2, 0.25) is 10.3 Å². The van der Waals surface area contributed by atoms with E-state index in [1.54, 1.807) is 25.1 Å². The number of phenolic OH excluding ortho intramolecular Hbond substituents is 2. The molecule has 0 aliphatic carbocycles. The molecule has 2 atom stereocenters. The minimum absolute atomic E-state index is 0. The summed E-state index contributed by atoms with van der Waals surface area (Å²) in [4.78, 5) is 58.4. The zero-order valence-electron chi connectivity index (χ0n) is 73.9. The Hall–Kier alpha value is -5.28. The molecule has 1 aromatic heterocycles. The van der Waals surface area contributed by atoms with Crippen LogP contribution in [0.4, 0.5) is 68.8 Å². The molecule has 68 heteroatoms. The first-order valence-corrected chi connectivity index (χ1v) is 47.5. The molecule has 0 spiro atoms. The number of ether oxygens (including phenoxy) is 3. The zero-order valence-corrected chi connectivity index (χ0v) is 96.8. The molecule has 9 aromatic carbocycles. The summed E-state index contributed by atoms with van der Waals surface area (Å²) in [5, 5.41) is 89.4. The number of hydrogen-bond donors (Lipinski definition) is 6. The number of carbonyl (C=O) groups is 4. The molecule has 0 fully saturated rings. The normalized spacial score (nSPS) is 12.2. The third-order valence-corrected chi connectivity index (χ3v) is 26.0. The SMILES string of the molecule is C=Cc1cc(OC)c(N=Nc2c(SOO[O-])cc3c(S(=O)(=O)[O-])c(NC(=O)C(N=Nc4cc(OC)c(S(=O)(=O)C=C)cc4OC)C(C)=O)ccc3c2O)cc1C.CC(=O)C(N=Nc1ccc(S(=O)(=O)[O-])cc1Cl)C(=O)Nc1ccc2c(O)c(N=Nc3cc(Nc4nc(Cl)nc(Nc5ccc(S(=O)(=O)CCOS(=O)(=O)[O-])cc5)n4)ccc3S(=O)(=O)[O-])c(SOO[O-])cc2c1S(=O)(=O)[O-].[Na+].[Na+].[Na+].[Na+].[Na+].[Na+].[Na+]. The van der Waals surface area contributed by atoms with Gasteiger partial charge in [0.15, 0.2) is 32.9 Å². The van der Waals surface area contributed by atoms with Crippen molar-refractivity contribution in [1.82, 2.24) is 15.0 Å². The number of phenols is 2. The van der Waals surface area contributed by atoms with Crippen LogP contribution < -0.4 is 253 Å². The van der Waals surface area contributed by atoms with E-state index in [4.69, 9.17) is 37.4 Å². The number of Topliss-reactive ketones (excluding diaryl/α,β-unsaturated/α-hetero) is 2. The van der Waals surface area contributed by atoms with Crippen molar-refractivity contribution in [3.05, 3.63) is 161 Å². The van der Waals surface area contributed by atoms with E-state index in [2.05, 4.69) is 108 Å². The van der Waals surface area contributed by atoms with Crippen LogP contribution in [0.15, 0.2) is 220 Å². The van der Waals surface area contributed by atoms with Crippen LogP contribution in [0.1, 0.15) is 25.0 Å². The summed E-state index contributed by atoms with van der Waals surface area (Å²) in [6.07, 6.45) is 1.60. The van der Waals surface area contributed by atoms with Crippen LogP contribution >= 0.6 is 47.3 Å². The number of fused-ring (bicyclic) bond motifs is 2. The van der Waals surface area contributed by atoms with Crippen molar-refractivity contribution in [2.45, 2.75) is 72.0 Å². The number of anilines is 6. The molecular weight excluding hydrogens is 2140 g/mol. The number of sulfone groups is 2. The predicted octanol–water partition coefficient (Wildman–Crippen LogP) is -11.5. The maximum absolute atomic E-state index is 13.5. The molecule has 0 aliphatic rings. The average molecular weight is 2200 g/mol. The molecule has 700 valence electrons. The van der Waals surface area contributed by atoms with Gasteiger partial charge < -0.3 is 79.0 Å². The maximum Gasteiger partial charge on any atom is 1.00 e. The molecule has 50 nitrogen and oxygen atoms in total. The standard InChI is InChI=1S/C37H30Cl2N10O21S6.C34H33N5O14S3.7Na/c1-17(50)30(48-46-25-9-7-21(15-24(25)38)73(56,57)58)34(52)42-26-10-8-22-23(33(26)75(62,63)64)16-28(71-70-69-53)31(32(22)51)49-47-27-14-19(4-11-29(27)74(59,60)61)41-37-44-35(39)43-36(45-37)40-18-2-5-20(6-3-18)72(54,55)13-12-68-76(65,66)67;1-8-19-13-25(49-5)23(12-17(19)3)36-39-31-28(54-53-52-43)14-21-20(32(31)41)10-11-22(33(21)56(46,47)48)35-34(42)30(18(4)40)38-37-24-15-27(51-7)29(16-26(24)50-6)55(44,45)9-2;;;;;;;/h2-11,14-16,30,51,53H,12-13H2,1H3,(H,42,52)(H,56,57,58)(H,59,60,61)(H,62,63,64)(H,65,66,67)(H2,40,41,43,44,45);8-16,30,41,43H,1-2H2,3-7H3,(H,35,42)(H,46,47,48);;;;;;;/q;;7*+1/p-7. The van der Waals surface area contributed by atoms with E-state index in [1.165, 1.54) is 33.5 Å². The second kappa shape index (κ2) is 56.0. The number of ketones is 2. The quantitative estimate of drug-likeness (QED) is 0.00304. The van der Waals surface area contributed by atoms with Crippen molar-refractivity contribution in [2.75, 3.05) is 55.0 Å². The summed E-state index contributed by atoms with van der Waals surface area (Å²) < 4.78 is 258. The molecule has 2 amide bonds. The zero-order chi connectivity index (χ0) is 97.7. The Labute approximate surface area is 962 Å². The summed E-state index contributed by atoms with van der Waals surface area (Å²) in [7, 11) is -31.1. The monoisotopic (exact) mass is 2200 g/mol. The number of hydrogen-bond acceptors (Lipinski definition) is 50. The van der Waals surface area contributed by atoms with Gasteiger partial charge in [-0.1, -0.05) is 30.8 Å². The van der Waals surface area contributed by atoms with Crippen LogP contribution in [0.3, 0.4) is 0 Å². The van der Waals surface area contributed by atoms with Gasteiger partial charge in [-0.25, -0.2) is 58.9 Å². The van der Waals surface area contributed by atoms with Crippen molar-refractivity contribution in [3.63, 3.8) is 0 Å². The van der Waals surface area contributed by atoms with Gasteiger partial charge in [-0.15, -0.1) is 20.5 Å². The van der Waals surface area contributed by atoms with E-state index in [0.29, 0.717) is 5.41 Å². The minimum atomic E-state index is -5.72. The van der Waals surface area contributed by atoms with Gasteiger partial charge in [0.2, 0.25) is 49.5 Å². The molecule has 0 saturated carbocycles. The molecule has 0 bridgehead atoms. The predicted molar refractivity (Wildman–Crippen MR) is 451 cm³/mol. The van der Waals surface area contributed by atoms with Crippen LogP contribution in [0.25, 0.3) is 27.6 Å². The molecule has 0 radical (unpaired) electrons. The van der Waals surface area contributed by atoms with Crippen LogP contribution in [0.5, 0.6) is 28.7 Å². The summed E-state index contributed by atoms with van der Waals surface area (Å²) >= 11 is 12.2. The largest absolute Gasteiger partial charge is 1.00 e. The van der Waals surface area contributed by atoms with E-state index in [1.807, 2.05) is 5.32 Å². The van der Waals surface area contributed by atoms with Crippen LogP contribution in [0, 0.1) is 6.92 Å². The number of methoxy groups -OCH3 is 3. The number of amides is 2. The fraction of sp³-hybridized carbons (Fsp3) is 0.141. The Balaban J connectivity index is 0.000000932. The Morgan fingerprint density at radius 2 is 0.935 bits per heavy atom. The fourth-order valence-corrected chi connectivity index (χ4v) is 17.8. The van der Waals surface area contributed by atoms with Gasteiger partial charge in [0, 0.05) is 50.5 Å². The first-order valence-electron chi connectivity index (χ1n) is 35.1. The maximum atomic E-state index is 13.5. The van der Waals surface area contributed by atoms with Gasteiger partial charge in [0.05, 0.1) is 108 Å². The molecular formula is C71H56Cl2N15Na7O35S9. The van der Waals surface area contributed by atoms with Crippen molar-refractivity contribution in [3.8, 4) is 28.7 Å². The number of halogens is 2. The summed E-state index contributed by atoms with van der Waals surface area (Å²) in [5.74, 6) is -7.83. The number of carbonyl (C=O) groups excluding carboxylic acids is 4. The van der Waals surface area contributed by atoms with E-state index < -0.39 is 204 Å². The number of aromatic hydroxyl groups is 2. The topological polar surface area (TPSA) is 769 Å². The fourth-order valence-electron chi connectivity index (χ4n) is 11.3.